The van der Waals surface area contributed by atoms with E-state index in [-0.39, 0.29) is 17.0 Å². The van der Waals surface area contributed by atoms with Crippen molar-refractivity contribution in [2.24, 2.45) is 5.73 Å². The maximum atomic E-state index is 12.4. The van der Waals surface area contributed by atoms with E-state index >= 15 is 0 Å². The number of aromatic nitrogens is 1. The molecule has 0 radical (unpaired) electrons. The summed E-state index contributed by atoms with van der Waals surface area (Å²) in [6.45, 7) is 1.75. The number of benzene rings is 1. The Hall–Kier alpha value is -2.71. The fourth-order valence-corrected chi connectivity index (χ4v) is 2.87. The van der Waals surface area contributed by atoms with Crippen molar-refractivity contribution < 1.29 is 4.74 Å². The van der Waals surface area contributed by atoms with Gasteiger partial charge in [-0.1, -0.05) is 29.8 Å². The first-order valence-electron chi connectivity index (χ1n) is 6.58. The van der Waals surface area contributed by atoms with Gasteiger partial charge in [-0.05, 0) is 18.6 Å². The number of allylic oxidation sites excluding steroid dienone is 1. The van der Waals surface area contributed by atoms with E-state index in [0.29, 0.717) is 27.6 Å². The van der Waals surface area contributed by atoms with Crippen molar-refractivity contribution >= 4 is 11.6 Å². The first-order chi connectivity index (χ1) is 10.5. The van der Waals surface area contributed by atoms with Gasteiger partial charge in [-0.25, -0.2) is 0 Å². The van der Waals surface area contributed by atoms with Crippen LogP contribution in [-0.4, -0.2) is 4.98 Å². The Labute approximate surface area is 131 Å². The maximum absolute atomic E-state index is 12.4. The van der Waals surface area contributed by atoms with Crippen LogP contribution in [0, 0.1) is 18.3 Å². The SMILES string of the molecule is Cc1cc2c(c(=O)[nH]1)[C@@H](c1ccccc1Cl)C(C#N)=C(N)O2. The number of pyridine rings is 1. The molecule has 0 amide bonds. The average molecular weight is 314 g/mol. The van der Waals surface area contributed by atoms with E-state index in [0.717, 1.165) is 0 Å². The molecular weight excluding hydrogens is 302 g/mol. The summed E-state index contributed by atoms with van der Waals surface area (Å²) in [5.74, 6) is -0.306. The number of nitrogens with two attached hydrogens (primary N) is 1. The molecule has 0 saturated heterocycles. The second-order valence-electron chi connectivity index (χ2n) is 5.01. The zero-order valence-corrected chi connectivity index (χ0v) is 12.4. The lowest BCUT2D eigenvalue weighted by molar-refractivity contribution is 0.391. The van der Waals surface area contributed by atoms with E-state index in [1.807, 2.05) is 6.07 Å². The largest absolute Gasteiger partial charge is 0.440 e. The van der Waals surface area contributed by atoms with Crippen LogP contribution in [0.4, 0.5) is 0 Å². The summed E-state index contributed by atoms with van der Waals surface area (Å²) in [5.41, 5.74) is 7.35. The molecule has 1 atom stereocenters. The minimum atomic E-state index is -0.646. The van der Waals surface area contributed by atoms with E-state index in [2.05, 4.69) is 4.98 Å². The van der Waals surface area contributed by atoms with Crippen molar-refractivity contribution in [1.82, 2.24) is 4.98 Å². The van der Waals surface area contributed by atoms with E-state index in [4.69, 9.17) is 22.1 Å². The fourth-order valence-electron chi connectivity index (χ4n) is 2.63. The molecule has 1 aliphatic heterocycles. The highest BCUT2D eigenvalue weighted by molar-refractivity contribution is 6.31. The third-order valence-corrected chi connectivity index (χ3v) is 3.91. The highest BCUT2D eigenvalue weighted by Crippen LogP contribution is 2.42. The Bertz CT molecular complexity index is 893. The second kappa shape index (κ2) is 5.24. The van der Waals surface area contributed by atoms with E-state index in [9.17, 15) is 10.1 Å². The molecule has 110 valence electrons. The number of fused-ring (bicyclic) bond motifs is 1. The second-order valence-corrected chi connectivity index (χ2v) is 5.41. The number of hydrogen-bond acceptors (Lipinski definition) is 4. The number of aryl methyl sites for hydroxylation is 1. The molecule has 22 heavy (non-hydrogen) atoms. The molecule has 1 aromatic carbocycles. The predicted octanol–water partition coefficient (Wildman–Crippen LogP) is 2.55. The lowest BCUT2D eigenvalue weighted by atomic mass is 9.84. The van der Waals surface area contributed by atoms with Gasteiger partial charge in [-0.3, -0.25) is 4.79 Å². The van der Waals surface area contributed by atoms with Crippen molar-refractivity contribution in [3.05, 3.63) is 74.0 Å². The summed E-state index contributed by atoms with van der Waals surface area (Å²) >= 11 is 6.25. The van der Waals surface area contributed by atoms with Gasteiger partial charge < -0.3 is 15.5 Å². The molecule has 2 heterocycles. The minimum Gasteiger partial charge on any atom is -0.440 e. The molecule has 0 bridgehead atoms. The van der Waals surface area contributed by atoms with Crippen molar-refractivity contribution in [3.63, 3.8) is 0 Å². The first kappa shape index (κ1) is 14.2. The van der Waals surface area contributed by atoms with E-state index in [1.54, 1.807) is 37.3 Å². The molecule has 2 aromatic rings. The Morgan fingerprint density at radius 1 is 1.41 bits per heavy atom. The summed E-state index contributed by atoms with van der Waals surface area (Å²) < 4.78 is 5.46. The molecule has 0 spiro atoms. The number of hydrogen-bond donors (Lipinski definition) is 2. The molecular formula is C16H12ClN3O2. The summed E-state index contributed by atoms with van der Waals surface area (Å²) in [4.78, 5) is 15.1. The Kier molecular flexibility index (Phi) is 3.39. The van der Waals surface area contributed by atoms with Gasteiger partial charge in [0, 0.05) is 16.8 Å². The van der Waals surface area contributed by atoms with Crippen LogP contribution >= 0.6 is 11.6 Å². The number of nitriles is 1. The van der Waals surface area contributed by atoms with Gasteiger partial charge in [0.2, 0.25) is 5.88 Å². The molecule has 0 fully saturated rings. The minimum absolute atomic E-state index is 0.00933. The van der Waals surface area contributed by atoms with Gasteiger partial charge in [-0.2, -0.15) is 5.26 Å². The highest BCUT2D eigenvalue weighted by Gasteiger charge is 2.34. The van der Waals surface area contributed by atoms with Gasteiger partial charge in [-0.15, -0.1) is 0 Å². The standard InChI is InChI=1S/C16H12ClN3O2/c1-8-6-12-14(16(21)20-8)13(10(7-18)15(19)22-12)9-4-2-3-5-11(9)17/h2-6,13H,19H2,1H3,(H,20,21)/t13-/m0/s1. The molecule has 0 aliphatic carbocycles. The van der Waals surface area contributed by atoms with Crippen LogP contribution in [0.25, 0.3) is 0 Å². The van der Waals surface area contributed by atoms with Gasteiger partial charge in [0.05, 0.1) is 11.5 Å². The molecule has 3 rings (SSSR count). The van der Waals surface area contributed by atoms with E-state index in [1.165, 1.54) is 0 Å². The Morgan fingerprint density at radius 2 is 2.14 bits per heavy atom. The van der Waals surface area contributed by atoms with Gasteiger partial charge in [0.25, 0.3) is 5.56 Å². The molecule has 6 heteroatoms. The number of nitrogens with zero attached hydrogens (tertiary/aromatic N) is 1. The van der Waals surface area contributed by atoms with Crippen LogP contribution in [-0.2, 0) is 0 Å². The third-order valence-electron chi connectivity index (χ3n) is 3.57. The summed E-state index contributed by atoms with van der Waals surface area (Å²) in [7, 11) is 0. The molecule has 1 aliphatic rings. The van der Waals surface area contributed by atoms with Crippen molar-refractivity contribution in [1.29, 1.82) is 5.26 Å². The Morgan fingerprint density at radius 3 is 2.82 bits per heavy atom. The smallest absolute Gasteiger partial charge is 0.256 e. The number of rotatable bonds is 1. The van der Waals surface area contributed by atoms with Crippen molar-refractivity contribution in [3.8, 4) is 11.8 Å². The van der Waals surface area contributed by atoms with E-state index < -0.39 is 5.92 Å². The molecule has 0 unspecified atom stereocenters. The fraction of sp³-hybridized carbons (Fsp3) is 0.125. The first-order valence-corrected chi connectivity index (χ1v) is 6.96. The van der Waals surface area contributed by atoms with Gasteiger partial charge in [0.1, 0.15) is 17.4 Å². The third kappa shape index (κ3) is 2.14. The van der Waals surface area contributed by atoms with Crippen molar-refractivity contribution in [2.75, 3.05) is 0 Å². The summed E-state index contributed by atoms with van der Waals surface area (Å²) in [5, 5.41) is 9.89. The zero-order valence-electron chi connectivity index (χ0n) is 11.7. The molecule has 0 saturated carbocycles. The van der Waals surface area contributed by atoms with Crippen LogP contribution < -0.4 is 16.0 Å². The van der Waals surface area contributed by atoms with Crippen LogP contribution in [0.3, 0.4) is 0 Å². The molecule has 5 nitrogen and oxygen atoms in total. The summed E-state index contributed by atoms with van der Waals surface area (Å²) in [6, 6.07) is 10.8. The number of halogens is 1. The normalized spacial score (nSPS) is 16.7. The number of H-pyrrole nitrogens is 1. The average Bonchev–Trinajstić information content (AvgIpc) is 2.46. The lowest BCUT2D eigenvalue weighted by Gasteiger charge is -2.26. The molecule has 3 N–H and O–H groups in total. The molecule has 1 aromatic heterocycles. The topological polar surface area (TPSA) is 91.9 Å². The highest BCUT2D eigenvalue weighted by atomic mass is 35.5. The maximum Gasteiger partial charge on any atom is 0.256 e. The number of ether oxygens (including phenoxy) is 1. The van der Waals surface area contributed by atoms with Crippen LogP contribution in [0.5, 0.6) is 5.75 Å². The predicted molar refractivity (Wildman–Crippen MR) is 82.5 cm³/mol. The monoisotopic (exact) mass is 313 g/mol. The van der Waals surface area contributed by atoms with Crippen LogP contribution in [0.15, 0.2) is 46.6 Å². The number of aromatic amines is 1. The van der Waals surface area contributed by atoms with Crippen molar-refractivity contribution in [2.45, 2.75) is 12.8 Å². The van der Waals surface area contributed by atoms with Gasteiger partial charge in [0.15, 0.2) is 0 Å². The zero-order chi connectivity index (χ0) is 15.9. The summed E-state index contributed by atoms with van der Waals surface area (Å²) in [6.07, 6.45) is 0. The van der Waals surface area contributed by atoms with Crippen LogP contribution in [0.1, 0.15) is 22.7 Å². The Balaban J connectivity index is 2.35. The van der Waals surface area contributed by atoms with Crippen LogP contribution in [0.2, 0.25) is 5.02 Å². The quantitative estimate of drug-likeness (QED) is 0.846. The van der Waals surface area contributed by atoms with Gasteiger partial charge >= 0.3 is 0 Å². The number of nitrogens with one attached hydrogen (secondary N) is 1. The lowest BCUT2D eigenvalue weighted by Crippen LogP contribution is -2.28.